The Balaban J connectivity index is 2.77. The van der Waals surface area contributed by atoms with Gasteiger partial charge >= 0.3 is 0 Å². The van der Waals surface area contributed by atoms with E-state index in [-0.39, 0.29) is 5.69 Å². The average Bonchev–Trinajstić information content (AvgIpc) is 2.26. The van der Waals surface area contributed by atoms with Crippen LogP contribution in [-0.4, -0.2) is 17.3 Å². The maximum Gasteiger partial charge on any atom is 0.287 e. The summed E-state index contributed by atoms with van der Waals surface area (Å²) < 4.78 is 5.72. The van der Waals surface area contributed by atoms with Crippen LogP contribution in [0.5, 0.6) is 5.75 Å². The Hall–Kier alpha value is -1.01. The molecule has 6 heteroatoms. The second-order valence-corrected chi connectivity index (χ2v) is 3.97. The monoisotopic (exact) mass is 303 g/mol. The van der Waals surface area contributed by atoms with Crippen molar-refractivity contribution in [2.45, 2.75) is 0 Å². The lowest BCUT2D eigenvalue weighted by Crippen LogP contribution is -1.96. The van der Waals surface area contributed by atoms with E-state index in [0.29, 0.717) is 22.6 Å². The van der Waals surface area contributed by atoms with Gasteiger partial charge in [-0.15, -0.1) is 0 Å². The number of nitrogens with zero attached hydrogens (tertiary/aromatic N) is 1. The normalized spacial score (nSPS) is 10.6. The number of hydrogen-bond donors (Lipinski definition) is 1. The maximum atomic E-state index is 10.6. The van der Waals surface area contributed by atoms with Crippen molar-refractivity contribution in [2.24, 2.45) is 0 Å². The molecular weight excluding hydrogens is 294 g/mol. The van der Waals surface area contributed by atoms with Crippen LogP contribution in [0.25, 0.3) is 0 Å². The first-order valence-corrected chi connectivity index (χ1v) is 5.91. The summed E-state index contributed by atoms with van der Waals surface area (Å²) in [7, 11) is 0. The second-order valence-electron chi connectivity index (χ2n) is 2.81. The predicted octanol–water partition coefficient (Wildman–Crippen LogP) is 3.22. The van der Waals surface area contributed by atoms with Gasteiger partial charge in [0.05, 0.1) is 4.92 Å². The molecule has 0 radical (unpaired) electrons. The molecule has 86 valence electrons. The molecule has 0 atom stereocenters. The Labute approximate surface area is 107 Å². The van der Waals surface area contributed by atoms with Crippen molar-refractivity contribution >= 4 is 34.2 Å². The number of rotatable bonds is 5. The molecule has 0 saturated carbocycles. The van der Waals surface area contributed by atoms with E-state index in [9.17, 15) is 10.1 Å². The number of thiol groups is 1. The van der Waals surface area contributed by atoms with Crippen LogP contribution in [0.4, 0.5) is 5.69 Å². The molecule has 0 heterocycles. The molecule has 0 fully saturated rings. The van der Waals surface area contributed by atoms with Crippen LogP contribution in [0.2, 0.25) is 0 Å². The number of ether oxygens (including phenoxy) is 1. The minimum absolute atomic E-state index is 0.00400. The Morgan fingerprint density at radius 1 is 1.50 bits per heavy atom. The predicted molar refractivity (Wildman–Crippen MR) is 69.3 cm³/mol. The number of nitro benzene ring substituents is 1. The van der Waals surface area contributed by atoms with Gasteiger partial charge in [-0.05, 0) is 22.0 Å². The lowest BCUT2D eigenvalue weighted by molar-refractivity contribution is -0.385. The van der Waals surface area contributed by atoms with Gasteiger partial charge in [-0.3, -0.25) is 10.1 Å². The molecule has 0 saturated heterocycles. The highest BCUT2D eigenvalue weighted by Crippen LogP contribution is 2.33. The fraction of sp³-hybridized carbons (Fsp3) is 0.200. The van der Waals surface area contributed by atoms with Crippen LogP contribution in [0.15, 0.2) is 34.8 Å². The van der Waals surface area contributed by atoms with Gasteiger partial charge in [0.1, 0.15) is 16.8 Å². The fourth-order valence-electron chi connectivity index (χ4n) is 1.03. The summed E-state index contributed by atoms with van der Waals surface area (Å²) in [6.45, 7) is 0.361. The SMILES string of the molecule is O=[N+]([O-])c1cccc(OC/C=C/CS)c1Br. The van der Waals surface area contributed by atoms with Crippen molar-refractivity contribution in [2.75, 3.05) is 12.4 Å². The molecule has 0 aliphatic heterocycles. The Morgan fingerprint density at radius 3 is 2.88 bits per heavy atom. The summed E-state index contributed by atoms with van der Waals surface area (Å²) in [6, 6.07) is 4.67. The van der Waals surface area contributed by atoms with E-state index >= 15 is 0 Å². The van der Waals surface area contributed by atoms with Gasteiger partial charge in [0, 0.05) is 11.8 Å². The molecule has 4 nitrogen and oxygen atoms in total. The molecule has 0 spiro atoms. The highest BCUT2D eigenvalue weighted by Gasteiger charge is 2.15. The van der Waals surface area contributed by atoms with Crippen molar-refractivity contribution in [1.82, 2.24) is 0 Å². The zero-order valence-electron chi connectivity index (χ0n) is 8.30. The number of nitro groups is 1. The summed E-state index contributed by atoms with van der Waals surface area (Å²) >= 11 is 7.15. The standard InChI is InChI=1S/C10H10BrNO3S/c11-10-8(12(13)14)4-3-5-9(10)15-6-1-2-7-16/h1-5,16H,6-7H2/b2-1+. The van der Waals surface area contributed by atoms with E-state index in [1.54, 1.807) is 18.2 Å². The molecule has 0 N–H and O–H groups in total. The van der Waals surface area contributed by atoms with Gasteiger partial charge in [-0.1, -0.05) is 18.2 Å². The zero-order chi connectivity index (χ0) is 12.0. The minimum Gasteiger partial charge on any atom is -0.488 e. The minimum atomic E-state index is -0.458. The fourth-order valence-corrected chi connectivity index (χ4v) is 1.70. The van der Waals surface area contributed by atoms with Crippen LogP contribution in [0.3, 0.4) is 0 Å². The van der Waals surface area contributed by atoms with Crippen LogP contribution in [0.1, 0.15) is 0 Å². The van der Waals surface area contributed by atoms with Crippen LogP contribution >= 0.6 is 28.6 Å². The number of halogens is 1. The molecule has 0 aliphatic carbocycles. The first-order chi connectivity index (χ1) is 7.66. The van der Waals surface area contributed by atoms with Crippen molar-refractivity contribution in [3.63, 3.8) is 0 Å². The Morgan fingerprint density at radius 2 is 2.25 bits per heavy atom. The molecule has 1 rings (SSSR count). The van der Waals surface area contributed by atoms with Gasteiger partial charge in [-0.25, -0.2) is 0 Å². The van der Waals surface area contributed by atoms with E-state index in [2.05, 4.69) is 28.6 Å². The quantitative estimate of drug-likeness (QED) is 0.393. The Bertz CT molecular complexity index is 409. The van der Waals surface area contributed by atoms with E-state index in [4.69, 9.17) is 4.74 Å². The van der Waals surface area contributed by atoms with Gasteiger partial charge < -0.3 is 4.74 Å². The molecule has 0 amide bonds. The lowest BCUT2D eigenvalue weighted by atomic mass is 10.3. The summed E-state index contributed by atoms with van der Waals surface area (Å²) in [5.41, 5.74) is -0.00400. The van der Waals surface area contributed by atoms with E-state index < -0.39 is 4.92 Å². The van der Waals surface area contributed by atoms with Crippen molar-refractivity contribution in [3.8, 4) is 5.75 Å². The second kappa shape index (κ2) is 6.55. The summed E-state index contributed by atoms with van der Waals surface area (Å²) in [4.78, 5) is 10.2. The van der Waals surface area contributed by atoms with Gasteiger partial charge in [-0.2, -0.15) is 12.6 Å². The lowest BCUT2D eigenvalue weighted by Gasteiger charge is -2.05. The van der Waals surface area contributed by atoms with Crippen molar-refractivity contribution in [3.05, 3.63) is 44.9 Å². The molecule has 0 unspecified atom stereocenters. The summed E-state index contributed by atoms with van der Waals surface area (Å²) in [6.07, 6.45) is 3.65. The van der Waals surface area contributed by atoms with E-state index in [1.807, 2.05) is 6.08 Å². The number of benzene rings is 1. The molecule has 1 aromatic rings. The smallest absolute Gasteiger partial charge is 0.287 e. The van der Waals surface area contributed by atoms with Gasteiger partial charge in [0.2, 0.25) is 0 Å². The maximum absolute atomic E-state index is 10.6. The molecular formula is C10H10BrNO3S. The van der Waals surface area contributed by atoms with Crippen LogP contribution < -0.4 is 4.74 Å². The van der Waals surface area contributed by atoms with E-state index in [0.717, 1.165) is 0 Å². The van der Waals surface area contributed by atoms with Crippen LogP contribution in [0, 0.1) is 10.1 Å². The third kappa shape index (κ3) is 3.53. The Kier molecular flexibility index (Phi) is 5.34. The van der Waals surface area contributed by atoms with Crippen molar-refractivity contribution < 1.29 is 9.66 Å². The first kappa shape index (κ1) is 13.1. The summed E-state index contributed by atoms with van der Waals surface area (Å²) in [5, 5.41) is 10.6. The van der Waals surface area contributed by atoms with E-state index in [1.165, 1.54) is 6.07 Å². The highest BCUT2D eigenvalue weighted by molar-refractivity contribution is 9.10. The highest BCUT2D eigenvalue weighted by atomic mass is 79.9. The molecule has 0 aliphatic rings. The molecule has 0 aromatic heterocycles. The number of hydrogen-bond acceptors (Lipinski definition) is 4. The first-order valence-electron chi connectivity index (χ1n) is 4.48. The average molecular weight is 304 g/mol. The van der Waals surface area contributed by atoms with Crippen LogP contribution in [-0.2, 0) is 0 Å². The summed E-state index contributed by atoms with van der Waals surface area (Å²) in [5.74, 6) is 1.09. The zero-order valence-corrected chi connectivity index (χ0v) is 10.8. The van der Waals surface area contributed by atoms with Gasteiger partial charge in [0.15, 0.2) is 0 Å². The third-order valence-electron chi connectivity index (χ3n) is 1.75. The molecule has 0 bridgehead atoms. The largest absolute Gasteiger partial charge is 0.488 e. The van der Waals surface area contributed by atoms with Crippen molar-refractivity contribution in [1.29, 1.82) is 0 Å². The van der Waals surface area contributed by atoms with Gasteiger partial charge in [0.25, 0.3) is 5.69 Å². The topological polar surface area (TPSA) is 52.4 Å². The third-order valence-corrected chi connectivity index (χ3v) is 2.75. The molecule has 16 heavy (non-hydrogen) atoms. The molecule has 1 aromatic carbocycles.